The Morgan fingerprint density at radius 1 is 1.32 bits per heavy atom. The number of alkyl carbamates (subject to hydrolysis) is 1. The molecule has 0 saturated carbocycles. The lowest BCUT2D eigenvalue weighted by Gasteiger charge is -2.23. The summed E-state index contributed by atoms with van der Waals surface area (Å²) in [5.74, 6) is 7.25. The van der Waals surface area contributed by atoms with Gasteiger partial charge in [-0.2, -0.15) is 0 Å². The van der Waals surface area contributed by atoms with Gasteiger partial charge in [0.25, 0.3) is 0 Å². The number of anilines is 1. The predicted molar refractivity (Wildman–Crippen MR) is 113 cm³/mol. The molecule has 1 unspecified atom stereocenters. The summed E-state index contributed by atoms with van der Waals surface area (Å²) in [5.41, 5.74) is 0.196. The number of hydrogen-bond acceptors (Lipinski definition) is 5. The van der Waals surface area contributed by atoms with Crippen LogP contribution in [-0.4, -0.2) is 42.6 Å². The Bertz CT molecular complexity index is 765. The summed E-state index contributed by atoms with van der Waals surface area (Å²) in [6, 6.07) is 5.36. The molecule has 1 amide bonds. The van der Waals surface area contributed by atoms with E-state index >= 15 is 0 Å². The van der Waals surface area contributed by atoms with E-state index in [0.29, 0.717) is 42.8 Å². The van der Waals surface area contributed by atoms with Gasteiger partial charge in [-0.1, -0.05) is 12.0 Å². The van der Waals surface area contributed by atoms with Crippen molar-refractivity contribution in [1.29, 1.82) is 0 Å². The molecule has 28 heavy (non-hydrogen) atoms. The molecule has 8 heteroatoms. The molecule has 152 valence electrons. The molecule has 0 fully saturated rings. The lowest BCUT2D eigenvalue weighted by molar-refractivity contribution is 0.0527. The molecular formula is C20H27N3O4S. The molecule has 0 aliphatic carbocycles. The van der Waals surface area contributed by atoms with E-state index in [1.165, 1.54) is 0 Å². The van der Waals surface area contributed by atoms with Crippen LogP contribution in [0.2, 0.25) is 0 Å². The van der Waals surface area contributed by atoms with E-state index in [-0.39, 0.29) is 6.04 Å². The van der Waals surface area contributed by atoms with E-state index in [0.717, 1.165) is 5.69 Å². The quantitative estimate of drug-likeness (QED) is 0.513. The zero-order chi connectivity index (χ0) is 20.6. The Morgan fingerprint density at radius 2 is 2.07 bits per heavy atom. The maximum atomic E-state index is 11.7. The zero-order valence-corrected chi connectivity index (χ0v) is 17.5. The molecule has 0 spiro atoms. The monoisotopic (exact) mass is 405 g/mol. The number of fused-ring (bicyclic) bond motifs is 1. The van der Waals surface area contributed by atoms with Gasteiger partial charge in [0.15, 0.2) is 16.6 Å². The largest absolute Gasteiger partial charge is 0.486 e. The Hall–Kier alpha value is -2.66. The number of carbonyl (C=O) groups excluding carboxylic acids is 1. The Morgan fingerprint density at radius 3 is 2.79 bits per heavy atom. The van der Waals surface area contributed by atoms with Crippen LogP contribution >= 0.6 is 12.2 Å². The number of rotatable bonds is 5. The molecule has 7 nitrogen and oxygen atoms in total. The van der Waals surface area contributed by atoms with Crippen LogP contribution in [0.5, 0.6) is 11.5 Å². The first-order chi connectivity index (χ1) is 13.3. The molecular weight excluding hydrogens is 378 g/mol. The van der Waals surface area contributed by atoms with E-state index < -0.39 is 11.7 Å². The number of benzene rings is 1. The molecule has 1 aliphatic rings. The Balaban J connectivity index is 1.87. The van der Waals surface area contributed by atoms with Crippen LogP contribution in [0, 0.1) is 11.8 Å². The minimum atomic E-state index is -0.531. The molecule has 1 atom stereocenters. The second kappa shape index (κ2) is 10.0. The fourth-order valence-corrected chi connectivity index (χ4v) is 2.73. The lowest BCUT2D eigenvalue weighted by Crippen LogP contribution is -2.40. The zero-order valence-electron chi connectivity index (χ0n) is 16.7. The summed E-state index contributed by atoms with van der Waals surface area (Å²) < 4.78 is 16.5. The van der Waals surface area contributed by atoms with Crippen molar-refractivity contribution < 1.29 is 19.0 Å². The highest BCUT2D eigenvalue weighted by Gasteiger charge is 2.18. The molecule has 0 saturated heterocycles. The van der Waals surface area contributed by atoms with Gasteiger partial charge in [-0.05, 0) is 58.5 Å². The van der Waals surface area contributed by atoms with Crippen LogP contribution in [-0.2, 0) is 4.74 Å². The first kappa shape index (κ1) is 21.6. The topological polar surface area (TPSA) is 80.9 Å². The highest BCUT2D eigenvalue weighted by atomic mass is 32.1. The second-order valence-electron chi connectivity index (χ2n) is 7.09. The van der Waals surface area contributed by atoms with Crippen molar-refractivity contribution in [1.82, 2.24) is 10.6 Å². The SMILES string of the molecule is CC#CC(CCNC(=O)OC(C)(C)C)NC(=S)Nc1cccc2c1OCCO2. The van der Waals surface area contributed by atoms with E-state index in [4.69, 9.17) is 26.4 Å². The lowest BCUT2D eigenvalue weighted by atomic mass is 10.2. The first-order valence-corrected chi connectivity index (χ1v) is 9.54. The molecule has 1 aromatic carbocycles. The van der Waals surface area contributed by atoms with Gasteiger partial charge in [-0.3, -0.25) is 0 Å². The van der Waals surface area contributed by atoms with Gasteiger partial charge < -0.3 is 30.2 Å². The highest BCUT2D eigenvalue weighted by molar-refractivity contribution is 7.80. The summed E-state index contributed by atoms with van der Waals surface area (Å²) in [7, 11) is 0. The number of amides is 1. The van der Waals surface area contributed by atoms with Crippen LogP contribution < -0.4 is 25.4 Å². The van der Waals surface area contributed by atoms with E-state index in [1.807, 2.05) is 39.0 Å². The van der Waals surface area contributed by atoms with Crippen molar-refractivity contribution in [2.24, 2.45) is 0 Å². The number of nitrogens with one attached hydrogen (secondary N) is 3. The fourth-order valence-electron chi connectivity index (χ4n) is 2.48. The molecule has 3 N–H and O–H groups in total. The smallest absolute Gasteiger partial charge is 0.407 e. The number of para-hydroxylation sites is 1. The van der Waals surface area contributed by atoms with Crippen molar-refractivity contribution in [3.63, 3.8) is 0 Å². The van der Waals surface area contributed by atoms with Gasteiger partial charge in [-0.25, -0.2) is 4.79 Å². The molecule has 0 aromatic heterocycles. The molecule has 2 rings (SSSR count). The van der Waals surface area contributed by atoms with Crippen molar-refractivity contribution in [3.8, 4) is 23.3 Å². The molecule has 1 aromatic rings. The molecule has 0 radical (unpaired) electrons. The third-order valence-corrected chi connectivity index (χ3v) is 3.76. The minimum absolute atomic E-state index is 0.225. The Kier molecular flexibility index (Phi) is 7.76. The van der Waals surface area contributed by atoms with Gasteiger partial charge >= 0.3 is 6.09 Å². The summed E-state index contributed by atoms with van der Waals surface area (Å²) in [6.45, 7) is 8.64. The van der Waals surface area contributed by atoms with Crippen molar-refractivity contribution >= 4 is 29.1 Å². The van der Waals surface area contributed by atoms with Gasteiger partial charge in [0.05, 0.1) is 11.7 Å². The maximum Gasteiger partial charge on any atom is 0.407 e. The molecule has 1 heterocycles. The van der Waals surface area contributed by atoms with Crippen LogP contribution in [0.1, 0.15) is 34.1 Å². The number of hydrogen-bond donors (Lipinski definition) is 3. The second-order valence-corrected chi connectivity index (χ2v) is 7.50. The number of carbonyl (C=O) groups is 1. The van der Waals surface area contributed by atoms with Crippen LogP contribution in [0.25, 0.3) is 0 Å². The fraction of sp³-hybridized carbons (Fsp3) is 0.500. The van der Waals surface area contributed by atoms with E-state index in [9.17, 15) is 4.79 Å². The standard InChI is InChI=1S/C20H27N3O4S/c1-5-7-14(10-11-21-19(24)27-20(2,3)4)22-18(28)23-15-8-6-9-16-17(15)26-13-12-25-16/h6,8-9,14H,10-13H2,1-4H3,(H,21,24)(H2,22,23,28). The van der Waals surface area contributed by atoms with Crippen LogP contribution in [0.3, 0.4) is 0 Å². The maximum absolute atomic E-state index is 11.7. The van der Waals surface area contributed by atoms with Crippen LogP contribution in [0.4, 0.5) is 10.5 Å². The predicted octanol–water partition coefficient (Wildman–Crippen LogP) is 3.05. The average Bonchev–Trinajstić information content (AvgIpc) is 2.60. The molecule has 1 aliphatic heterocycles. The summed E-state index contributed by atoms with van der Waals surface area (Å²) >= 11 is 5.41. The summed E-state index contributed by atoms with van der Waals surface area (Å²) in [6.07, 6.45) is 0.110. The minimum Gasteiger partial charge on any atom is -0.486 e. The van der Waals surface area contributed by atoms with Crippen molar-refractivity contribution in [2.45, 2.75) is 45.8 Å². The van der Waals surface area contributed by atoms with Crippen LogP contribution in [0.15, 0.2) is 18.2 Å². The number of ether oxygens (including phenoxy) is 3. The molecule has 0 bridgehead atoms. The third-order valence-electron chi connectivity index (χ3n) is 3.54. The van der Waals surface area contributed by atoms with Crippen molar-refractivity contribution in [3.05, 3.63) is 18.2 Å². The van der Waals surface area contributed by atoms with E-state index in [1.54, 1.807) is 6.92 Å². The average molecular weight is 406 g/mol. The van der Waals surface area contributed by atoms with Gasteiger partial charge in [0.1, 0.15) is 18.8 Å². The van der Waals surface area contributed by atoms with Crippen molar-refractivity contribution in [2.75, 3.05) is 25.1 Å². The van der Waals surface area contributed by atoms with Gasteiger partial charge in [-0.15, -0.1) is 5.92 Å². The normalized spacial score (nSPS) is 13.4. The van der Waals surface area contributed by atoms with E-state index in [2.05, 4.69) is 27.8 Å². The third kappa shape index (κ3) is 7.16. The Labute approximate surface area is 171 Å². The summed E-state index contributed by atoms with van der Waals surface area (Å²) in [5, 5.41) is 9.41. The highest BCUT2D eigenvalue weighted by Crippen LogP contribution is 2.37. The first-order valence-electron chi connectivity index (χ1n) is 9.14. The number of thiocarbonyl (C=S) groups is 1. The van der Waals surface area contributed by atoms with Gasteiger partial charge in [0.2, 0.25) is 0 Å². The summed E-state index contributed by atoms with van der Waals surface area (Å²) in [4.78, 5) is 11.7. The van der Waals surface area contributed by atoms with Gasteiger partial charge in [0, 0.05) is 6.54 Å².